The van der Waals surface area contributed by atoms with Crippen LogP contribution in [0.2, 0.25) is 0 Å². The van der Waals surface area contributed by atoms with Crippen molar-refractivity contribution < 1.29 is 9.34 Å². The Bertz CT molecular complexity index is 1370. The molecule has 0 aliphatic carbocycles. The standard InChI is InChI=1S/C22H21N5O5/c28-20-13(12-32-19-5-4-14(27(30)31)9-15(19)20)10-26-8-6-17-16(11-26)22(29)25-21(24-17)18-3-1-2-7-23-18/h4-5,9,12H,1-3,6-8,10-11H2,(H,24,25,29). The predicted octanol–water partition coefficient (Wildman–Crippen LogP) is 2.32. The lowest BCUT2D eigenvalue weighted by molar-refractivity contribution is -0.384. The highest BCUT2D eigenvalue weighted by molar-refractivity contribution is 5.97. The molecule has 32 heavy (non-hydrogen) atoms. The number of hydrogen-bond donors (Lipinski definition) is 1. The summed E-state index contributed by atoms with van der Waals surface area (Å²) >= 11 is 0. The van der Waals surface area contributed by atoms with Crippen LogP contribution in [0.5, 0.6) is 0 Å². The minimum atomic E-state index is -0.542. The Morgan fingerprint density at radius 1 is 1.22 bits per heavy atom. The van der Waals surface area contributed by atoms with E-state index in [-0.39, 0.29) is 28.6 Å². The van der Waals surface area contributed by atoms with E-state index in [1.165, 1.54) is 24.5 Å². The third kappa shape index (κ3) is 3.73. The molecular weight excluding hydrogens is 414 g/mol. The molecule has 164 valence electrons. The van der Waals surface area contributed by atoms with Crippen molar-refractivity contribution in [1.29, 1.82) is 0 Å². The highest BCUT2D eigenvalue weighted by Gasteiger charge is 2.24. The molecule has 0 saturated heterocycles. The minimum absolute atomic E-state index is 0.162. The number of nitrogens with zero attached hydrogens (tertiary/aromatic N) is 4. The second-order valence-electron chi connectivity index (χ2n) is 8.11. The van der Waals surface area contributed by atoms with Crippen LogP contribution in [-0.2, 0) is 19.5 Å². The maximum atomic E-state index is 12.9. The number of aromatic nitrogens is 2. The van der Waals surface area contributed by atoms with Crippen molar-refractivity contribution >= 4 is 22.4 Å². The van der Waals surface area contributed by atoms with Gasteiger partial charge in [-0.3, -0.25) is 29.6 Å². The van der Waals surface area contributed by atoms with Crippen molar-refractivity contribution in [3.8, 4) is 0 Å². The zero-order valence-electron chi connectivity index (χ0n) is 17.3. The van der Waals surface area contributed by atoms with Crippen LogP contribution in [0.15, 0.2) is 43.5 Å². The molecule has 1 aromatic carbocycles. The van der Waals surface area contributed by atoms with Gasteiger partial charge in [0.15, 0.2) is 11.3 Å². The number of aliphatic imine (C=N–C) groups is 1. The van der Waals surface area contributed by atoms with Gasteiger partial charge in [-0.2, -0.15) is 0 Å². The van der Waals surface area contributed by atoms with Crippen molar-refractivity contribution in [2.24, 2.45) is 4.99 Å². The molecule has 2 aliphatic rings. The molecule has 5 rings (SSSR count). The SMILES string of the molecule is O=c1[nH]c(C2=NCCCC2)nc2c1CN(Cc1coc3ccc([N+](=O)[O-])cc3c1=O)CC2. The van der Waals surface area contributed by atoms with E-state index in [1.54, 1.807) is 0 Å². The van der Waals surface area contributed by atoms with Crippen LogP contribution in [0.1, 0.15) is 41.9 Å². The minimum Gasteiger partial charge on any atom is -0.464 e. The molecular formula is C22H21N5O5. The average Bonchev–Trinajstić information content (AvgIpc) is 2.81. The van der Waals surface area contributed by atoms with Gasteiger partial charge in [0.25, 0.3) is 11.2 Å². The Morgan fingerprint density at radius 3 is 2.88 bits per heavy atom. The van der Waals surface area contributed by atoms with Gasteiger partial charge in [-0.1, -0.05) is 0 Å². The summed E-state index contributed by atoms with van der Waals surface area (Å²) in [4.78, 5) is 50.2. The van der Waals surface area contributed by atoms with E-state index in [0.29, 0.717) is 42.0 Å². The van der Waals surface area contributed by atoms with Crippen LogP contribution >= 0.6 is 0 Å². The summed E-state index contributed by atoms with van der Waals surface area (Å²) in [6.07, 6.45) is 4.90. The summed E-state index contributed by atoms with van der Waals surface area (Å²) in [6.45, 7) is 2.02. The monoisotopic (exact) mass is 435 g/mol. The van der Waals surface area contributed by atoms with E-state index in [1.807, 2.05) is 4.90 Å². The van der Waals surface area contributed by atoms with Crippen molar-refractivity contribution in [2.45, 2.75) is 38.8 Å². The fraction of sp³-hybridized carbons (Fsp3) is 0.364. The van der Waals surface area contributed by atoms with Crippen molar-refractivity contribution in [2.75, 3.05) is 13.1 Å². The lowest BCUT2D eigenvalue weighted by Crippen LogP contribution is -2.37. The maximum absolute atomic E-state index is 12.9. The normalized spacial score (nSPS) is 16.6. The third-order valence-electron chi connectivity index (χ3n) is 5.98. The molecule has 3 aromatic rings. The van der Waals surface area contributed by atoms with Gasteiger partial charge in [0.1, 0.15) is 5.58 Å². The van der Waals surface area contributed by atoms with Gasteiger partial charge in [0.05, 0.1) is 33.5 Å². The summed E-state index contributed by atoms with van der Waals surface area (Å²) in [7, 11) is 0. The highest BCUT2D eigenvalue weighted by atomic mass is 16.6. The van der Waals surface area contributed by atoms with E-state index >= 15 is 0 Å². The Morgan fingerprint density at radius 2 is 2.09 bits per heavy atom. The third-order valence-corrected chi connectivity index (χ3v) is 5.98. The number of nitro groups is 1. The summed E-state index contributed by atoms with van der Waals surface area (Å²) in [5, 5.41) is 11.2. The first-order valence-electron chi connectivity index (χ1n) is 10.6. The van der Waals surface area contributed by atoms with Crippen LogP contribution in [-0.4, -0.2) is 38.6 Å². The number of fused-ring (bicyclic) bond motifs is 2. The zero-order valence-corrected chi connectivity index (χ0v) is 17.3. The van der Waals surface area contributed by atoms with Crippen molar-refractivity contribution in [1.82, 2.24) is 14.9 Å². The second kappa shape index (κ2) is 8.12. The number of nitrogens with one attached hydrogen (secondary N) is 1. The number of nitro benzene ring substituents is 1. The summed E-state index contributed by atoms with van der Waals surface area (Å²) < 4.78 is 5.53. The molecule has 2 aromatic heterocycles. The Hall–Kier alpha value is -3.66. The first-order valence-corrected chi connectivity index (χ1v) is 10.6. The lowest BCUT2D eigenvalue weighted by Gasteiger charge is -2.27. The molecule has 1 N–H and O–H groups in total. The molecule has 0 bridgehead atoms. The van der Waals surface area contributed by atoms with Crippen LogP contribution in [0.3, 0.4) is 0 Å². The van der Waals surface area contributed by atoms with Crippen molar-refractivity contribution in [3.63, 3.8) is 0 Å². The average molecular weight is 435 g/mol. The zero-order chi connectivity index (χ0) is 22.2. The number of hydrogen-bond acceptors (Lipinski definition) is 8. The number of H-pyrrole nitrogens is 1. The molecule has 0 spiro atoms. The Balaban J connectivity index is 1.41. The fourth-order valence-electron chi connectivity index (χ4n) is 4.27. The Kier molecular flexibility index (Phi) is 5.14. The first kappa shape index (κ1) is 20.3. The molecule has 0 unspecified atom stereocenters. The van der Waals surface area contributed by atoms with E-state index in [4.69, 9.17) is 4.42 Å². The van der Waals surface area contributed by atoms with Crippen LogP contribution in [0, 0.1) is 10.1 Å². The van der Waals surface area contributed by atoms with Gasteiger partial charge in [0.2, 0.25) is 0 Å². The maximum Gasteiger partial charge on any atom is 0.270 e. The molecule has 10 heteroatoms. The van der Waals surface area contributed by atoms with Crippen LogP contribution in [0.4, 0.5) is 5.69 Å². The Labute approximate surface area is 181 Å². The quantitative estimate of drug-likeness (QED) is 0.491. The number of aromatic amines is 1. The molecule has 4 heterocycles. The molecule has 0 radical (unpaired) electrons. The number of non-ortho nitro benzene ring substituents is 1. The summed E-state index contributed by atoms with van der Waals surface area (Å²) in [5.41, 5.74) is 2.27. The summed E-state index contributed by atoms with van der Waals surface area (Å²) in [6, 6.07) is 3.97. The van der Waals surface area contributed by atoms with Gasteiger partial charge >= 0.3 is 0 Å². The fourth-order valence-corrected chi connectivity index (χ4v) is 4.27. The van der Waals surface area contributed by atoms with Gasteiger partial charge in [-0.25, -0.2) is 4.98 Å². The molecule has 0 atom stereocenters. The van der Waals surface area contributed by atoms with Crippen LogP contribution in [0.25, 0.3) is 11.0 Å². The van der Waals surface area contributed by atoms with Gasteiger partial charge in [0, 0.05) is 50.3 Å². The number of benzene rings is 1. The molecule has 0 saturated carbocycles. The molecule has 10 nitrogen and oxygen atoms in total. The molecule has 0 amide bonds. The van der Waals surface area contributed by atoms with Gasteiger partial charge in [-0.15, -0.1) is 0 Å². The first-order chi connectivity index (χ1) is 15.5. The summed E-state index contributed by atoms with van der Waals surface area (Å²) in [5.74, 6) is 0.568. The van der Waals surface area contributed by atoms with Crippen LogP contribution < -0.4 is 11.0 Å². The predicted molar refractivity (Wildman–Crippen MR) is 117 cm³/mol. The molecule has 0 fully saturated rings. The largest absolute Gasteiger partial charge is 0.464 e. The van der Waals surface area contributed by atoms with Crippen molar-refractivity contribution in [3.05, 3.63) is 77.8 Å². The lowest BCUT2D eigenvalue weighted by atomic mass is 10.0. The van der Waals surface area contributed by atoms with Gasteiger partial charge < -0.3 is 9.40 Å². The van der Waals surface area contributed by atoms with Gasteiger partial charge in [-0.05, 0) is 25.3 Å². The van der Waals surface area contributed by atoms with E-state index in [0.717, 1.165) is 37.2 Å². The molecule has 2 aliphatic heterocycles. The highest BCUT2D eigenvalue weighted by Crippen LogP contribution is 2.21. The van der Waals surface area contributed by atoms with E-state index < -0.39 is 4.92 Å². The van der Waals surface area contributed by atoms with E-state index in [9.17, 15) is 19.7 Å². The topological polar surface area (TPSA) is 135 Å². The van der Waals surface area contributed by atoms with E-state index in [2.05, 4.69) is 15.0 Å². The number of rotatable bonds is 4. The second-order valence-corrected chi connectivity index (χ2v) is 8.11. The smallest absolute Gasteiger partial charge is 0.270 e.